The van der Waals surface area contributed by atoms with Crippen molar-refractivity contribution in [1.82, 2.24) is 0 Å². The number of anilines is 1. The summed E-state index contributed by atoms with van der Waals surface area (Å²) in [5.41, 5.74) is 9.30. The Morgan fingerprint density at radius 1 is 1.15 bits per heavy atom. The van der Waals surface area contributed by atoms with Gasteiger partial charge in [0, 0.05) is 24.4 Å². The summed E-state index contributed by atoms with van der Waals surface area (Å²) in [6.07, 6.45) is 5.39. The first-order valence-corrected chi connectivity index (χ1v) is 9.32. The van der Waals surface area contributed by atoms with Crippen LogP contribution in [-0.2, 0) is 4.74 Å². The Morgan fingerprint density at radius 3 is 2.37 bits per heavy atom. The molecule has 0 unspecified atom stereocenters. The molecule has 148 valence electrons. The van der Waals surface area contributed by atoms with Crippen LogP contribution in [0.15, 0.2) is 52.9 Å². The SMILES string of the molecule is CCCCOC1=CC(=Nc2ccc(N(CC)C(C)C)cc2)C(=N)C=C1N.Cl. The molecule has 0 aromatic heterocycles. The molecule has 27 heavy (non-hydrogen) atoms. The maximum Gasteiger partial charge on any atom is 0.144 e. The van der Waals surface area contributed by atoms with E-state index in [0.717, 1.165) is 25.1 Å². The maximum atomic E-state index is 8.13. The van der Waals surface area contributed by atoms with Crippen LogP contribution in [0.4, 0.5) is 11.4 Å². The first kappa shape index (κ1) is 22.8. The molecule has 0 saturated carbocycles. The Bertz CT molecular complexity index is 720. The number of halogens is 1. The molecule has 6 heteroatoms. The van der Waals surface area contributed by atoms with E-state index in [0.29, 0.717) is 35.5 Å². The van der Waals surface area contributed by atoms with Crippen LogP contribution in [0.5, 0.6) is 0 Å². The molecule has 1 aromatic rings. The van der Waals surface area contributed by atoms with Crippen LogP contribution in [0.25, 0.3) is 0 Å². The van der Waals surface area contributed by atoms with Crippen LogP contribution in [0.3, 0.4) is 0 Å². The Hall–Kier alpha value is -2.27. The van der Waals surface area contributed by atoms with Crippen molar-refractivity contribution in [2.75, 3.05) is 18.1 Å². The van der Waals surface area contributed by atoms with Gasteiger partial charge in [0.25, 0.3) is 0 Å². The number of allylic oxidation sites excluding steroid dienone is 2. The molecule has 1 aliphatic rings. The van der Waals surface area contributed by atoms with E-state index in [2.05, 4.69) is 49.7 Å². The van der Waals surface area contributed by atoms with Crippen molar-refractivity contribution in [3.8, 4) is 0 Å². The van der Waals surface area contributed by atoms with Crippen LogP contribution in [0.1, 0.15) is 40.5 Å². The number of nitrogens with one attached hydrogen (secondary N) is 1. The molecule has 0 aliphatic heterocycles. The molecule has 0 fully saturated rings. The molecule has 3 N–H and O–H groups in total. The molecule has 0 amide bonds. The summed E-state index contributed by atoms with van der Waals surface area (Å²) < 4.78 is 5.73. The van der Waals surface area contributed by atoms with Crippen molar-refractivity contribution < 1.29 is 4.74 Å². The van der Waals surface area contributed by atoms with Gasteiger partial charge in [0.05, 0.1) is 29.4 Å². The van der Waals surface area contributed by atoms with E-state index >= 15 is 0 Å². The molecule has 2 rings (SSSR count). The molecule has 0 heterocycles. The predicted octanol–water partition coefficient (Wildman–Crippen LogP) is 4.99. The Morgan fingerprint density at radius 2 is 1.81 bits per heavy atom. The fraction of sp³-hybridized carbons (Fsp3) is 0.429. The van der Waals surface area contributed by atoms with Gasteiger partial charge in [0.15, 0.2) is 0 Å². The fourth-order valence-corrected chi connectivity index (χ4v) is 2.83. The van der Waals surface area contributed by atoms with Crippen molar-refractivity contribution in [2.24, 2.45) is 10.7 Å². The number of hydrogen-bond donors (Lipinski definition) is 2. The molecule has 0 radical (unpaired) electrons. The lowest BCUT2D eigenvalue weighted by molar-refractivity contribution is 0.215. The number of nitrogens with zero attached hydrogens (tertiary/aromatic N) is 2. The topological polar surface area (TPSA) is 74.7 Å². The summed E-state index contributed by atoms with van der Waals surface area (Å²) in [4.78, 5) is 6.92. The maximum absolute atomic E-state index is 8.13. The van der Waals surface area contributed by atoms with E-state index in [1.54, 1.807) is 12.2 Å². The third-order valence-corrected chi connectivity index (χ3v) is 4.28. The molecular weight excluding hydrogens is 360 g/mol. The van der Waals surface area contributed by atoms with Crippen molar-refractivity contribution in [2.45, 2.75) is 46.6 Å². The second-order valence-corrected chi connectivity index (χ2v) is 6.62. The zero-order valence-electron chi connectivity index (χ0n) is 16.7. The summed E-state index contributed by atoms with van der Waals surface area (Å²) in [5.74, 6) is 0.599. The van der Waals surface area contributed by atoms with E-state index in [-0.39, 0.29) is 12.4 Å². The van der Waals surface area contributed by atoms with Gasteiger partial charge in [-0.2, -0.15) is 0 Å². The number of nitrogens with two attached hydrogens (primary N) is 1. The van der Waals surface area contributed by atoms with Crippen molar-refractivity contribution in [3.05, 3.63) is 47.9 Å². The minimum absolute atomic E-state index is 0. The summed E-state index contributed by atoms with van der Waals surface area (Å²) in [5, 5.41) is 8.13. The van der Waals surface area contributed by atoms with Gasteiger partial charge in [0.1, 0.15) is 5.76 Å². The summed E-state index contributed by atoms with van der Waals surface area (Å²) in [7, 11) is 0. The monoisotopic (exact) mass is 390 g/mol. The normalized spacial score (nSPS) is 15.3. The highest BCUT2D eigenvalue weighted by atomic mass is 35.5. The number of hydrogen-bond acceptors (Lipinski definition) is 5. The number of benzene rings is 1. The quantitative estimate of drug-likeness (QED) is 0.484. The second kappa shape index (κ2) is 10.8. The lowest BCUT2D eigenvalue weighted by atomic mass is 10.1. The van der Waals surface area contributed by atoms with Crippen LogP contribution < -0.4 is 10.6 Å². The lowest BCUT2D eigenvalue weighted by Gasteiger charge is -2.27. The average molecular weight is 391 g/mol. The Kier molecular flexibility index (Phi) is 9.09. The van der Waals surface area contributed by atoms with E-state index in [1.807, 2.05) is 12.1 Å². The summed E-state index contributed by atoms with van der Waals surface area (Å²) in [6, 6.07) is 8.55. The molecular formula is C21H31ClN4O. The van der Waals surface area contributed by atoms with Gasteiger partial charge in [0.2, 0.25) is 0 Å². The number of rotatable bonds is 8. The first-order valence-electron chi connectivity index (χ1n) is 9.32. The molecule has 0 bridgehead atoms. The summed E-state index contributed by atoms with van der Waals surface area (Å²) in [6.45, 7) is 10.2. The zero-order valence-corrected chi connectivity index (χ0v) is 17.5. The minimum atomic E-state index is 0. The van der Waals surface area contributed by atoms with E-state index in [1.165, 1.54) is 5.69 Å². The van der Waals surface area contributed by atoms with Crippen LogP contribution >= 0.6 is 12.4 Å². The first-order chi connectivity index (χ1) is 12.5. The van der Waals surface area contributed by atoms with Crippen molar-refractivity contribution in [3.63, 3.8) is 0 Å². The van der Waals surface area contributed by atoms with Crippen molar-refractivity contribution in [1.29, 1.82) is 5.41 Å². The number of ether oxygens (including phenoxy) is 1. The largest absolute Gasteiger partial charge is 0.491 e. The van der Waals surface area contributed by atoms with Gasteiger partial charge in [-0.25, -0.2) is 4.99 Å². The third kappa shape index (κ3) is 6.14. The predicted molar refractivity (Wildman–Crippen MR) is 118 cm³/mol. The fourth-order valence-electron chi connectivity index (χ4n) is 2.83. The van der Waals surface area contributed by atoms with Crippen LogP contribution in [0.2, 0.25) is 0 Å². The van der Waals surface area contributed by atoms with Gasteiger partial charge in [-0.1, -0.05) is 13.3 Å². The third-order valence-electron chi connectivity index (χ3n) is 4.28. The van der Waals surface area contributed by atoms with Gasteiger partial charge in [-0.15, -0.1) is 12.4 Å². The average Bonchev–Trinajstić information content (AvgIpc) is 2.60. The molecule has 1 aliphatic carbocycles. The second-order valence-electron chi connectivity index (χ2n) is 6.62. The minimum Gasteiger partial charge on any atom is -0.491 e. The van der Waals surface area contributed by atoms with Crippen LogP contribution in [0, 0.1) is 5.41 Å². The van der Waals surface area contributed by atoms with E-state index in [9.17, 15) is 0 Å². The molecule has 0 atom stereocenters. The number of aliphatic imine (C=N–C) groups is 1. The molecule has 0 spiro atoms. The number of unbranched alkanes of at least 4 members (excludes halogenated alkanes) is 1. The van der Waals surface area contributed by atoms with Crippen LogP contribution in [-0.4, -0.2) is 30.6 Å². The van der Waals surface area contributed by atoms with Gasteiger partial charge in [-0.3, -0.25) is 5.41 Å². The molecule has 0 saturated heterocycles. The standard InChI is InChI=1S/C21H30N4O.ClH/c1-5-7-12-26-21-14-20(18(22)13-19(21)23)24-16-8-10-17(11-9-16)25(6-2)15(3)4;/h8-11,13-15,22H,5-7,12,23H2,1-4H3;1H. The molecule has 5 nitrogen and oxygen atoms in total. The smallest absolute Gasteiger partial charge is 0.144 e. The van der Waals surface area contributed by atoms with Crippen molar-refractivity contribution >= 4 is 35.2 Å². The Labute approximate surface area is 168 Å². The molecule has 1 aromatic carbocycles. The van der Waals surface area contributed by atoms with Gasteiger partial charge < -0.3 is 15.4 Å². The van der Waals surface area contributed by atoms with E-state index < -0.39 is 0 Å². The van der Waals surface area contributed by atoms with Gasteiger partial charge >= 0.3 is 0 Å². The van der Waals surface area contributed by atoms with Gasteiger partial charge in [-0.05, 0) is 57.5 Å². The zero-order chi connectivity index (χ0) is 19.1. The Balaban J connectivity index is 0.00000364. The highest BCUT2D eigenvalue weighted by molar-refractivity contribution is 6.50. The highest BCUT2D eigenvalue weighted by Gasteiger charge is 2.15. The summed E-state index contributed by atoms with van der Waals surface area (Å²) >= 11 is 0. The van der Waals surface area contributed by atoms with E-state index in [4.69, 9.17) is 15.9 Å². The lowest BCUT2D eigenvalue weighted by Crippen LogP contribution is -2.30. The highest BCUT2D eigenvalue weighted by Crippen LogP contribution is 2.23.